The molecule has 0 aliphatic heterocycles. The van der Waals surface area contributed by atoms with E-state index in [0.717, 1.165) is 0 Å². The highest BCUT2D eigenvalue weighted by Crippen LogP contribution is 2.26. The van der Waals surface area contributed by atoms with Crippen molar-refractivity contribution in [3.63, 3.8) is 0 Å². The number of benzene rings is 1. The molecule has 0 fully saturated rings. The molecule has 0 aromatic heterocycles. The van der Waals surface area contributed by atoms with Crippen molar-refractivity contribution < 1.29 is 18.3 Å². The fourth-order valence-electron chi connectivity index (χ4n) is 0.961. The molecule has 14 heavy (non-hydrogen) atoms. The van der Waals surface area contributed by atoms with E-state index in [0.29, 0.717) is 16.9 Å². The van der Waals surface area contributed by atoms with Gasteiger partial charge in [-0.1, -0.05) is 11.6 Å². The number of aryl methyl sites for hydroxylation is 1. The zero-order valence-corrected chi connectivity index (χ0v) is 8.02. The fraction of sp³-hybridized carbons (Fsp3) is 0.222. The molecule has 76 valence electrons. The summed E-state index contributed by atoms with van der Waals surface area (Å²) in [6, 6.07) is 2.60. The molecule has 0 radical (unpaired) electrons. The van der Waals surface area contributed by atoms with Crippen LogP contribution < -0.4 is 4.74 Å². The average molecular weight is 221 g/mol. The highest BCUT2D eigenvalue weighted by molar-refractivity contribution is 6.31. The van der Waals surface area contributed by atoms with Crippen molar-refractivity contribution in [3.05, 3.63) is 28.3 Å². The molecule has 0 N–H and O–H groups in total. The number of aldehydes is 1. The van der Waals surface area contributed by atoms with Crippen molar-refractivity contribution in [2.75, 3.05) is 0 Å². The van der Waals surface area contributed by atoms with E-state index in [1.165, 1.54) is 12.1 Å². The van der Waals surface area contributed by atoms with Crippen LogP contribution in [0.4, 0.5) is 8.78 Å². The van der Waals surface area contributed by atoms with Gasteiger partial charge in [0, 0.05) is 5.02 Å². The number of rotatable bonds is 3. The van der Waals surface area contributed by atoms with Crippen molar-refractivity contribution >= 4 is 17.9 Å². The van der Waals surface area contributed by atoms with Gasteiger partial charge in [-0.3, -0.25) is 4.79 Å². The molecule has 0 aliphatic carbocycles. The first-order valence-electron chi connectivity index (χ1n) is 3.74. The first kappa shape index (κ1) is 10.9. The lowest BCUT2D eigenvalue weighted by atomic mass is 10.1. The molecule has 0 bridgehead atoms. The van der Waals surface area contributed by atoms with Crippen LogP contribution in [0.5, 0.6) is 5.75 Å². The van der Waals surface area contributed by atoms with Gasteiger partial charge in [0.2, 0.25) is 0 Å². The predicted molar refractivity (Wildman–Crippen MR) is 48.2 cm³/mol. The molecule has 0 amide bonds. The van der Waals surface area contributed by atoms with E-state index in [4.69, 9.17) is 11.6 Å². The first-order valence-corrected chi connectivity index (χ1v) is 4.12. The standard InChI is InChI=1S/C9H7ClF2O2/c1-5-2-8(14-9(11)12)6(4-13)3-7(5)10/h2-4,9H,1H3. The summed E-state index contributed by atoms with van der Waals surface area (Å²) < 4.78 is 27.9. The van der Waals surface area contributed by atoms with E-state index in [1.54, 1.807) is 6.92 Å². The van der Waals surface area contributed by atoms with Crippen LogP contribution in [0.2, 0.25) is 5.02 Å². The van der Waals surface area contributed by atoms with Crippen molar-refractivity contribution in [3.8, 4) is 5.75 Å². The zero-order valence-electron chi connectivity index (χ0n) is 7.26. The number of alkyl halides is 2. The monoisotopic (exact) mass is 220 g/mol. The number of carbonyl (C=O) groups is 1. The van der Waals surface area contributed by atoms with Gasteiger partial charge in [-0.2, -0.15) is 8.78 Å². The number of carbonyl (C=O) groups excluding carboxylic acids is 1. The Hall–Kier alpha value is -1.16. The minimum absolute atomic E-state index is 0.0147. The lowest BCUT2D eigenvalue weighted by Gasteiger charge is -2.08. The smallest absolute Gasteiger partial charge is 0.387 e. The van der Waals surface area contributed by atoms with Crippen molar-refractivity contribution in [1.82, 2.24) is 0 Å². The molecule has 0 saturated carbocycles. The molecule has 1 aromatic rings. The Bertz CT molecular complexity index is 353. The number of halogens is 3. The zero-order chi connectivity index (χ0) is 10.7. The second-order valence-corrected chi connectivity index (χ2v) is 3.04. The third-order valence-electron chi connectivity index (χ3n) is 1.63. The van der Waals surface area contributed by atoms with E-state index in [1.807, 2.05) is 0 Å². The van der Waals surface area contributed by atoms with Crippen LogP contribution in [0.25, 0.3) is 0 Å². The number of ether oxygens (including phenoxy) is 1. The Kier molecular flexibility index (Phi) is 3.41. The normalized spacial score (nSPS) is 10.4. The highest BCUT2D eigenvalue weighted by Gasteiger charge is 2.11. The maximum atomic E-state index is 11.9. The molecule has 0 aliphatic rings. The Morgan fingerprint density at radius 3 is 2.64 bits per heavy atom. The van der Waals surface area contributed by atoms with Crippen LogP contribution in [0, 0.1) is 6.92 Å². The summed E-state index contributed by atoms with van der Waals surface area (Å²) in [7, 11) is 0. The average Bonchev–Trinajstić information content (AvgIpc) is 2.10. The Morgan fingerprint density at radius 1 is 1.50 bits per heavy atom. The lowest BCUT2D eigenvalue weighted by Crippen LogP contribution is -2.04. The van der Waals surface area contributed by atoms with E-state index in [9.17, 15) is 13.6 Å². The van der Waals surface area contributed by atoms with Gasteiger partial charge in [-0.05, 0) is 24.6 Å². The van der Waals surface area contributed by atoms with Crippen LogP contribution in [0.3, 0.4) is 0 Å². The number of hydrogen-bond donors (Lipinski definition) is 0. The summed E-state index contributed by atoms with van der Waals surface area (Å²) >= 11 is 5.70. The van der Waals surface area contributed by atoms with Gasteiger partial charge in [0.15, 0.2) is 6.29 Å². The van der Waals surface area contributed by atoms with Gasteiger partial charge in [-0.15, -0.1) is 0 Å². The van der Waals surface area contributed by atoms with Gasteiger partial charge in [-0.25, -0.2) is 0 Å². The molecule has 0 unspecified atom stereocenters. The summed E-state index contributed by atoms with van der Waals surface area (Å²) in [6.07, 6.45) is 0.420. The van der Waals surface area contributed by atoms with Gasteiger partial charge in [0.25, 0.3) is 0 Å². The molecular formula is C9H7ClF2O2. The molecule has 0 saturated heterocycles. The van der Waals surface area contributed by atoms with Gasteiger partial charge >= 0.3 is 6.61 Å². The van der Waals surface area contributed by atoms with Crippen molar-refractivity contribution in [2.45, 2.75) is 13.5 Å². The van der Waals surface area contributed by atoms with Crippen LogP contribution in [-0.2, 0) is 0 Å². The summed E-state index contributed by atoms with van der Waals surface area (Å²) in [6.45, 7) is -1.32. The van der Waals surface area contributed by atoms with Crippen molar-refractivity contribution in [2.24, 2.45) is 0 Å². The molecule has 0 spiro atoms. The number of hydrogen-bond acceptors (Lipinski definition) is 2. The van der Waals surface area contributed by atoms with E-state index in [2.05, 4.69) is 4.74 Å². The molecule has 1 rings (SSSR count). The lowest BCUT2D eigenvalue weighted by molar-refractivity contribution is -0.0500. The minimum Gasteiger partial charge on any atom is -0.434 e. The summed E-state index contributed by atoms with van der Waals surface area (Å²) in [5, 5.41) is 0.341. The van der Waals surface area contributed by atoms with Crippen LogP contribution >= 0.6 is 11.6 Å². The SMILES string of the molecule is Cc1cc(OC(F)F)c(C=O)cc1Cl. The molecule has 0 heterocycles. The highest BCUT2D eigenvalue weighted by atomic mass is 35.5. The quantitative estimate of drug-likeness (QED) is 0.732. The molecule has 5 heteroatoms. The Labute approximate surface area is 84.4 Å². The van der Waals surface area contributed by atoms with E-state index in [-0.39, 0.29) is 11.3 Å². The van der Waals surface area contributed by atoms with Crippen LogP contribution in [0.15, 0.2) is 12.1 Å². The van der Waals surface area contributed by atoms with E-state index < -0.39 is 6.61 Å². The predicted octanol–water partition coefficient (Wildman–Crippen LogP) is 3.06. The van der Waals surface area contributed by atoms with E-state index >= 15 is 0 Å². The third-order valence-corrected chi connectivity index (χ3v) is 2.04. The first-order chi connectivity index (χ1) is 6.54. The largest absolute Gasteiger partial charge is 0.434 e. The molecular weight excluding hydrogens is 214 g/mol. The van der Waals surface area contributed by atoms with Gasteiger partial charge < -0.3 is 4.74 Å². The Balaban J connectivity index is 3.13. The molecule has 0 atom stereocenters. The van der Waals surface area contributed by atoms with Crippen LogP contribution in [0.1, 0.15) is 15.9 Å². The second kappa shape index (κ2) is 4.37. The maximum absolute atomic E-state index is 11.9. The summed E-state index contributed by atoms with van der Waals surface area (Å²) in [5.74, 6) is -0.156. The van der Waals surface area contributed by atoms with Gasteiger partial charge in [0.1, 0.15) is 5.75 Å². The minimum atomic E-state index is -2.95. The van der Waals surface area contributed by atoms with Crippen LogP contribution in [-0.4, -0.2) is 12.9 Å². The molecule has 1 aromatic carbocycles. The summed E-state index contributed by atoms with van der Waals surface area (Å²) in [5.41, 5.74) is 0.591. The topological polar surface area (TPSA) is 26.3 Å². The van der Waals surface area contributed by atoms with Crippen molar-refractivity contribution in [1.29, 1.82) is 0 Å². The second-order valence-electron chi connectivity index (χ2n) is 2.64. The maximum Gasteiger partial charge on any atom is 0.387 e. The summed E-state index contributed by atoms with van der Waals surface area (Å²) in [4.78, 5) is 10.5. The third kappa shape index (κ3) is 2.42. The fourth-order valence-corrected chi connectivity index (χ4v) is 1.13. The van der Waals surface area contributed by atoms with Gasteiger partial charge in [0.05, 0.1) is 5.56 Å². The Morgan fingerprint density at radius 2 is 2.14 bits per heavy atom. The molecule has 2 nitrogen and oxygen atoms in total.